The van der Waals surface area contributed by atoms with Gasteiger partial charge in [-0.1, -0.05) is 13.0 Å². The first-order valence-corrected chi connectivity index (χ1v) is 15.7. The Kier molecular flexibility index (Phi) is 6.27. The van der Waals surface area contributed by atoms with Crippen LogP contribution in [0.1, 0.15) is 53.3 Å². The molecule has 2 bridgehead atoms. The molecule has 0 radical (unpaired) electrons. The lowest BCUT2D eigenvalue weighted by molar-refractivity contribution is 0.0695. The van der Waals surface area contributed by atoms with Gasteiger partial charge in [-0.15, -0.1) is 0 Å². The number of ether oxygens (including phenoxy) is 1. The lowest BCUT2D eigenvalue weighted by Crippen LogP contribution is -2.38. The maximum atomic E-state index is 15.3. The number of carbonyl (C=O) groups excluding carboxylic acids is 2. The second-order valence-electron chi connectivity index (χ2n) is 13.0. The van der Waals surface area contributed by atoms with Crippen molar-refractivity contribution in [3.63, 3.8) is 0 Å². The van der Waals surface area contributed by atoms with Crippen molar-refractivity contribution in [2.24, 2.45) is 30.5 Å². The number of fused-ring (bicyclic) bond motifs is 4. The van der Waals surface area contributed by atoms with E-state index in [2.05, 4.69) is 17.6 Å². The molecule has 0 spiro atoms. The molecule has 9 nitrogen and oxygen atoms in total. The maximum Gasteiger partial charge on any atom is 0.254 e. The number of aryl methyl sites for hydroxylation is 1. The Labute approximate surface area is 259 Å². The summed E-state index contributed by atoms with van der Waals surface area (Å²) >= 11 is 0. The number of piperidine rings is 1. The first kappa shape index (κ1) is 27.8. The summed E-state index contributed by atoms with van der Waals surface area (Å²) in [6.07, 6.45) is 4.52. The van der Waals surface area contributed by atoms with Gasteiger partial charge in [0.05, 0.1) is 29.6 Å². The molecule has 45 heavy (non-hydrogen) atoms. The average molecular weight is 607 g/mol. The molecule has 2 unspecified atom stereocenters. The smallest absolute Gasteiger partial charge is 0.254 e. The van der Waals surface area contributed by atoms with Crippen LogP contribution in [0.15, 0.2) is 48.5 Å². The van der Waals surface area contributed by atoms with Crippen LogP contribution in [-0.4, -0.2) is 55.5 Å². The lowest BCUT2D eigenvalue weighted by Gasteiger charge is -2.27. The summed E-state index contributed by atoms with van der Waals surface area (Å²) in [4.78, 5) is 37.6. The molecule has 3 atom stereocenters. The Balaban J connectivity index is 1.25. The first-order valence-electron chi connectivity index (χ1n) is 15.7. The molecule has 4 heterocycles. The Morgan fingerprint density at radius 3 is 2.58 bits per heavy atom. The predicted octanol–water partition coefficient (Wildman–Crippen LogP) is 5.78. The molecule has 8 rings (SSSR count). The van der Waals surface area contributed by atoms with Crippen molar-refractivity contribution >= 4 is 33.9 Å². The van der Waals surface area contributed by atoms with Crippen LogP contribution in [0.5, 0.6) is 5.75 Å². The molecule has 3 fully saturated rings. The van der Waals surface area contributed by atoms with E-state index in [9.17, 15) is 9.59 Å². The van der Waals surface area contributed by atoms with Gasteiger partial charge in [-0.25, -0.2) is 14.4 Å². The largest absolute Gasteiger partial charge is 0.494 e. The number of primary amides is 1. The number of likely N-dealkylation sites (tertiary alicyclic amines) is 1. The van der Waals surface area contributed by atoms with Gasteiger partial charge in [0.15, 0.2) is 5.82 Å². The summed E-state index contributed by atoms with van der Waals surface area (Å²) in [6, 6.07) is 14.4. The number of carbonyl (C=O) groups is 2. The zero-order valence-corrected chi connectivity index (χ0v) is 25.6. The van der Waals surface area contributed by atoms with E-state index in [1.54, 1.807) is 25.3 Å². The molecule has 5 aromatic rings. The third-order valence-electron chi connectivity index (χ3n) is 10.3. The summed E-state index contributed by atoms with van der Waals surface area (Å²) in [5, 5.41) is 0.897. The van der Waals surface area contributed by atoms with Crippen LogP contribution < -0.4 is 10.5 Å². The number of amides is 2. The number of benzene rings is 2. The number of nitrogens with zero attached hydrogens (tertiary/aromatic N) is 5. The maximum absolute atomic E-state index is 15.3. The number of hydrogen-bond acceptors (Lipinski definition) is 5. The second-order valence-corrected chi connectivity index (χ2v) is 13.0. The van der Waals surface area contributed by atoms with Gasteiger partial charge in [0.25, 0.3) is 11.8 Å². The fourth-order valence-electron chi connectivity index (χ4n) is 7.65. The zero-order chi connectivity index (χ0) is 31.1. The van der Waals surface area contributed by atoms with E-state index >= 15 is 4.39 Å². The monoisotopic (exact) mass is 606 g/mol. The summed E-state index contributed by atoms with van der Waals surface area (Å²) in [7, 11) is 3.58. The molecule has 2 N–H and O–H groups in total. The number of nitrogens with two attached hydrogens (primary N) is 1. The Morgan fingerprint density at radius 2 is 1.89 bits per heavy atom. The standard InChI is InChI=1S/C35H35FN6O3/c1-18-21-10-12-27(18)42(17-21)35(44)22-13-26-31(29(15-22)45-3)40(2)34(39-26)28-14-20-9-11-25(38-33(20)41(28)16-19-7-8-19)23-5-4-6-24(30(23)36)32(37)43/h4-6,9,11,13-15,18-19,21,27H,7-8,10,12,16-17H2,1-3H3,(H2,37,43)/t18-,21?,27?/m1/s1. The van der Waals surface area contributed by atoms with E-state index in [1.807, 2.05) is 34.7 Å². The number of halogens is 1. The van der Waals surface area contributed by atoms with Crippen LogP contribution in [0.25, 0.3) is 44.8 Å². The lowest BCUT2D eigenvalue weighted by atomic mass is 10.0. The van der Waals surface area contributed by atoms with Gasteiger partial charge in [0, 0.05) is 42.7 Å². The van der Waals surface area contributed by atoms with Gasteiger partial charge >= 0.3 is 0 Å². The molecule has 1 saturated heterocycles. The van der Waals surface area contributed by atoms with Gasteiger partial charge < -0.3 is 24.5 Å². The van der Waals surface area contributed by atoms with Crippen molar-refractivity contribution in [3.05, 3.63) is 65.5 Å². The third-order valence-corrected chi connectivity index (χ3v) is 10.3. The van der Waals surface area contributed by atoms with Crippen LogP contribution in [-0.2, 0) is 13.6 Å². The van der Waals surface area contributed by atoms with Crippen LogP contribution >= 0.6 is 0 Å². The highest BCUT2D eigenvalue weighted by molar-refractivity contribution is 6.00. The summed E-state index contributed by atoms with van der Waals surface area (Å²) in [5.74, 6) is 1.50. The number of methoxy groups -OCH3 is 1. The van der Waals surface area contributed by atoms with Crippen LogP contribution in [0.3, 0.4) is 0 Å². The van der Waals surface area contributed by atoms with Crippen molar-refractivity contribution in [2.75, 3.05) is 13.7 Å². The summed E-state index contributed by atoms with van der Waals surface area (Å²) in [6.45, 7) is 3.82. The molecule has 2 aliphatic carbocycles. The summed E-state index contributed by atoms with van der Waals surface area (Å²) < 4.78 is 25.3. The molecular weight excluding hydrogens is 571 g/mol. The predicted molar refractivity (Wildman–Crippen MR) is 169 cm³/mol. The highest BCUT2D eigenvalue weighted by Gasteiger charge is 2.46. The minimum Gasteiger partial charge on any atom is -0.494 e. The number of imidazole rings is 1. The van der Waals surface area contributed by atoms with Crippen LogP contribution in [0.4, 0.5) is 4.39 Å². The normalized spacial score (nSPS) is 20.9. The number of aromatic nitrogens is 4. The van der Waals surface area contributed by atoms with Crippen molar-refractivity contribution in [1.29, 1.82) is 0 Å². The summed E-state index contributed by atoms with van der Waals surface area (Å²) in [5.41, 5.74) is 9.57. The van der Waals surface area contributed by atoms with E-state index in [1.165, 1.54) is 12.5 Å². The van der Waals surface area contributed by atoms with E-state index in [0.717, 1.165) is 54.8 Å². The third kappa shape index (κ3) is 4.33. The van der Waals surface area contributed by atoms with Crippen LogP contribution in [0.2, 0.25) is 0 Å². The van der Waals surface area contributed by atoms with Crippen molar-refractivity contribution in [3.8, 4) is 28.5 Å². The van der Waals surface area contributed by atoms with Crippen molar-refractivity contribution in [1.82, 2.24) is 24.0 Å². The van der Waals surface area contributed by atoms with Gasteiger partial charge in [-0.2, -0.15) is 0 Å². The topological polar surface area (TPSA) is 108 Å². The molecule has 230 valence electrons. The fourth-order valence-corrected chi connectivity index (χ4v) is 7.65. The molecular formula is C35H35FN6O3. The first-order chi connectivity index (χ1) is 21.7. The molecule has 3 aliphatic rings. The van der Waals surface area contributed by atoms with E-state index in [-0.39, 0.29) is 17.0 Å². The SMILES string of the molecule is COc1cc(C(=O)N2CC3CCC2[C@@H]3C)cc2nc(-c3cc4ccc(-c5cccc(C(N)=O)c5F)nc4n3CC3CC3)n(C)c12. The molecule has 10 heteroatoms. The molecule has 2 aromatic carbocycles. The highest BCUT2D eigenvalue weighted by atomic mass is 19.1. The number of pyridine rings is 1. The Morgan fingerprint density at radius 1 is 1.07 bits per heavy atom. The van der Waals surface area contributed by atoms with E-state index in [4.69, 9.17) is 20.4 Å². The van der Waals surface area contributed by atoms with E-state index < -0.39 is 11.7 Å². The van der Waals surface area contributed by atoms with Crippen molar-refractivity contribution < 1.29 is 18.7 Å². The average Bonchev–Trinajstić information content (AvgIpc) is 3.44. The zero-order valence-electron chi connectivity index (χ0n) is 25.6. The van der Waals surface area contributed by atoms with E-state index in [0.29, 0.717) is 52.0 Å². The minimum atomic E-state index is -0.820. The minimum absolute atomic E-state index is 0.0358. The van der Waals surface area contributed by atoms with Gasteiger partial charge in [0.1, 0.15) is 22.7 Å². The quantitative estimate of drug-likeness (QED) is 0.253. The van der Waals surface area contributed by atoms with Gasteiger partial charge in [-0.05, 0) is 85.9 Å². The molecule has 1 aliphatic heterocycles. The number of rotatable bonds is 7. The van der Waals surface area contributed by atoms with Gasteiger partial charge in [-0.3, -0.25) is 9.59 Å². The number of hydrogen-bond donors (Lipinski definition) is 1. The second kappa shape index (κ2) is 10.2. The highest BCUT2D eigenvalue weighted by Crippen LogP contribution is 2.44. The molecule has 2 amide bonds. The van der Waals surface area contributed by atoms with Crippen LogP contribution in [0, 0.1) is 23.6 Å². The fraction of sp³-hybridized carbons (Fsp3) is 0.371. The van der Waals surface area contributed by atoms with Crippen molar-refractivity contribution in [2.45, 2.75) is 45.2 Å². The van der Waals surface area contributed by atoms with Gasteiger partial charge in [0.2, 0.25) is 0 Å². The Hall–Kier alpha value is -4.73. The molecule has 2 saturated carbocycles. The Bertz CT molecular complexity index is 2040. The molecule has 3 aromatic heterocycles.